The third kappa shape index (κ3) is 7.82. The molecule has 1 N–H and O–H groups in total. The van der Waals surface area contributed by atoms with Crippen LogP contribution in [-0.4, -0.2) is 24.4 Å². The van der Waals surface area contributed by atoms with Crippen molar-refractivity contribution >= 4 is 0 Å². The second kappa shape index (κ2) is 8.02. The Labute approximate surface area is 69.6 Å². The molecule has 0 spiro atoms. The summed E-state index contributed by atoms with van der Waals surface area (Å²) in [6.07, 6.45) is 3.89. The van der Waals surface area contributed by atoms with Crippen LogP contribution in [0.3, 0.4) is 0 Å². The SMILES string of the molecule is CCCCC(O)COCCC. The van der Waals surface area contributed by atoms with Crippen molar-refractivity contribution in [1.29, 1.82) is 0 Å². The van der Waals surface area contributed by atoms with Crippen LogP contribution < -0.4 is 0 Å². The molecule has 1 atom stereocenters. The number of aliphatic hydroxyl groups excluding tert-OH is 1. The van der Waals surface area contributed by atoms with Gasteiger partial charge in [-0.1, -0.05) is 26.7 Å². The first-order valence-electron chi connectivity index (χ1n) is 4.57. The van der Waals surface area contributed by atoms with E-state index in [0.29, 0.717) is 6.61 Å². The van der Waals surface area contributed by atoms with Crippen molar-refractivity contribution in [3.05, 3.63) is 0 Å². The average Bonchev–Trinajstić information content (AvgIpc) is 2.01. The van der Waals surface area contributed by atoms with E-state index in [2.05, 4.69) is 13.8 Å². The number of hydrogen-bond donors (Lipinski definition) is 1. The summed E-state index contributed by atoms with van der Waals surface area (Å²) in [7, 11) is 0. The molecule has 0 aliphatic carbocycles. The molecule has 0 bridgehead atoms. The van der Waals surface area contributed by atoms with Crippen molar-refractivity contribution in [2.45, 2.75) is 45.6 Å². The summed E-state index contributed by atoms with van der Waals surface area (Å²) >= 11 is 0. The highest BCUT2D eigenvalue weighted by Crippen LogP contribution is 2.00. The van der Waals surface area contributed by atoms with Gasteiger partial charge in [0.25, 0.3) is 0 Å². The van der Waals surface area contributed by atoms with Crippen molar-refractivity contribution in [1.82, 2.24) is 0 Å². The molecule has 0 saturated carbocycles. The smallest absolute Gasteiger partial charge is 0.0773 e. The van der Waals surface area contributed by atoms with Gasteiger partial charge in [0.15, 0.2) is 0 Å². The van der Waals surface area contributed by atoms with Crippen molar-refractivity contribution in [3.63, 3.8) is 0 Å². The van der Waals surface area contributed by atoms with Crippen LogP contribution >= 0.6 is 0 Å². The summed E-state index contributed by atoms with van der Waals surface area (Å²) in [5.74, 6) is 0. The molecule has 0 aromatic rings. The molecule has 11 heavy (non-hydrogen) atoms. The fourth-order valence-corrected chi connectivity index (χ4v) is 0.887. The summed E-state index contributed by atoms with van der Waals surface area (Å²) in [5, 5.41) is 9.28. The summed E-state index contributed by atoms with van der Waals surface area (Å²) < 4.78 is 5.19. The molecule has 0 rings (SSSR count). The van der Waals surface area contributed by atoms with E-state index in [1.165, 1.54) is 0 Å². The molecule has 0 saturated heterocycles. The van der Waals surface area contributed by atoms with Gasteiger partial charge in [-0.2, -0.15) is 0 Å². The molecule has 0 heterocycles. The van der Waals surface area contributed by atoms with Gasteiger partial charge in [0, 0.05) is 6.61 Å². The largest absolute Gasteiger partial charge is 0.391 e. The van der Waals surface area contributed by atoms with Crippen LogP contribution in [0.25, 0.3) is 0 Å². The number of aliphatic hydroxyl groups is 1. The third-order valence-corrected chi connectivity index (χ3v) is 1.55. The number of hydrogen-bond acceptors (Lipinski definition) is 2. The summed E-state index contributed by atoms with van der Waals surface area (Å²) in [6.45, 7) is 5.47. The predicted molar refractivity (Wildman–Crippen MR) is 46.6 cm³/mol. The van der Waals surface area contributed by atoms with E-state index < -0.39 is 0 Å². The number of ether oxygens (including phenoxy) is 1. The maximum Gasteiger partial charge on any atom is 0.0773 e. The Morgan fingerprint density at radius 3 is 2.55 bits per heavy atom. The van der Waals surface area contributed by atoms with Gasteiger partial charge < -0.3 is 9.84 Å². The van der Waals surface area contributed by atoms with Crippen LogP contribution in [0.1, 0.15) is 39.5 Å². The molecule has 0 aliphatic rings. The van der Waals surface area contributed by atoms with Crippen LogP contribution in [0, 0.1) is 0 Å². The molecule has 0 aromatic heterocycles. The Bertz CT molecular complexity index is 74.0. The zero-order valence-electron chi connectivity index (χ0n) is 7.68. The first-order valence-corrected chi connectivity index (χ1v) is 4.57. The third-order valence-electron chi connectivity index (χ3n) is 1.55. The van der Waals surface area contributed by atoms with E-state index in [1.54, 1.807) is 0 Å². The number of unbranched alkanes of at least 4 members (excludes halogenated alkanes) is 1. The molecule has 0 aliphatic heterocycles. The van der Waals surface area contributed by atoms with E-state index in [9.17, 15) is 5.11 Å². The second-order valence-electron chi connectivity index (χ2n) is 2.87. The normalized spacial score (nSPS) is 13.4. The molecule has 1 unspecified atom stereocenters. The van der Waals surface area contributed by atoms with Crippen molar-refractivity contribution < 1.29 is 9.84 Å². The fourth-order valence-electron chi connectivity index (χ4n) is 0.887. The maximum absolute atomic E-state index is 9.28. The van der Waals surface area contributed by atoms with Gasteiger partial charge in [-0.25, -0.2) is 0 Å². The molecular weight excluding hydrogens is 140 g/mol. The zero-order chi connectivity index (χ0) is 8.53. The van der Waals surface area contributed by atoms with E-state index in [0.717, 1.165) is 32.3 Å². The summed E-state index contributed by atoms with van der Waals surface area (Å²) in [6, 6.07) is 0. The molecule has 0 radical (unpaired) electrons. The Morgan fingerprint density at radius 1 is 1.27 bits per heavy atom. The van der Waals surface area contributed by atoms with Gasteiger partial charge in [0.1, 0.15) is 0 Å². The monoisotopic (exact) mass is 160 g/mol. The van der Waals surface area contributed by atoms with E-state index in [1.807, 2.05) is 0 Å². The molecule has 0 amide bonds. The maximum atomic E-state index is 9.28. The predicted octanol–water partition coefficient (Wildman–Crippen LogP) is 1.96. The van der Waals surface area contributed by atoms with E-state index in [4.69, 9.17) is 4.74 Å². The summed E-state index contributed by atoms with van der Waals surface area (Å²) in [5.41, 5.74) is 0. The Kier molecular flexibility index (Phi) is 7.96. The minimum atomic E-state index is -0.249. The highest BCUT2D eigenvalue weighted by molar-refractivity contribution is 4.52. The Hall–Kier alpha value is -0.0800. The van der Waals surface area contributed by atoms with Crippen LogP contribution in [0.2, 0.25) is 0 Å². The Morgan fingerprint density at radius 2 is 2.00 bits per heavy atom. The first-order chi connectivity index (χ1) is 5.31. The topological polar surface area (TPSA) is 29.5 Å². The van der Waals surface area contributed by atoms with Crippen LogP contribution in [0.4, 0.5) is 0 Å². The Balaban J connectivity index is 3.02. The second-order valence-corrected chi connectivity index (χ2v) is 2.87. The van der Waals surface area contributed by atoms with Crippen LogP contribution in [-0.2, 0) is 4.74 Å². The van der Waals surface area contributed by atoms with Crippen molar-refractivity contribution in [2.75, 3.05) is 13.2 Å². The van der Waals surface area contributed by atoms with Gasteiger partial charge >= 0.3 is 0 Å². The lowest BCUT2D eigenvalue weighted by atomic mass is 10.2. The number of rotatable bonds is 7. The highest BCUT2D eigenvalue weighted by atomic mass is 16.5. The van der Waals surface area contributed by atoms with Crippen molar-refractivity contribution in [2.24, 2.45) is 0 Å². The minimum absolute atomic E-state index is 0.249. The first kappa shape index (κ1) is 10.9. The van der Waals surface area contributed by atoms with Crippen LogP contribution in [0.15, 0.2) is 0 Å². The quantitative estimate of drug-likeness (QED) is 0.577. The molecule has 68 valence electrons. The molecule has 0 aromatic carbocycles. The average molecular weight is 160 g/mol. The van der Waals surface area contributed by atoms with Crippen LogP contribution in [0.5, 0.6) is 0 Å². The van der Waals surface area contributed by atoms with Gasteiger partial charge in [-0.05, 0) is 12.8 Å². The lowest BCUT2D eigenvalue weighted by Gasteiger charge is -2.09. The van der Waals surface area contributed by atoms with E-state index >= 15 is 0 Å². The minimum Gasteiger partial charge on any atom is -0.391 e. The standard InChI is InChI=1S/C9H20O2/c1-3-5-6-9(10)8-11-7-4-2/h9-10H,3-8H2,1-2H3. The van der Waals surface area contributed by atoms with E-state index in [-0.39, 0.29) is 6.10 Å². The molecule has 2 heteroatoms. The lowest BCUT2D eigenvalue weighted by molar-refractivity contribution is 0.0318. The summed E-state index contributed by atoms with van der Waals surface area (Å²) in [4.78, 5) is 0. The van der Waals surface area contributed by atoms with Crippen molar-refractivity contribution in [3.8, 4) is 0 Å². The highest BCUT2D eigenvalue weighted by Gasteiger charge is 2.01. The molecule has 2 nitrogen and oxygen atoms in total. The zero-order valence-corrected chi connectivity index (χ0v) is 7.68. The molecular formula is C9H20O2. The lowest BCUT2D eigenvalue weighted by Crippen LogP contribution is -2.15. The van der Waals surface area contributed by atoms with Gasteiger partial charge in [0.05, 0.1) is 12.7 Å². The fraction of sp³-hybridized carbons (Fsp3) is 1.00. The van der Waals surface area contributed by atoms with Gasteiger partial charge in [0.2, 0.25) is 0 Å². The molecule has 0 fully saturated rings. The van der Waals surface area contributed by atoms with Gasteiger partial charge in [-0.15, -0.1) is 0 Å². The van der Waals surface area contributed by atoms with Gasteiger partial charge in [-0.3, -0.25) is 0 Å².